The second-order valence-electron chi connectivity index (χ2n) is 5.28. The van der Waals surface area contributed by atoms with Gasteiger partial charge in [-0.1, -0.05) is 0 Å². The zero-order chi connectivity index (χ0) is 13.0. The molecule has 102 valence electrons. The fourth-order valence-electron chi connectivity index (χ4n) is 2.54. The van der Waals surface area contributed by atoms with Crippen molar-refractivity contribution >= 4 is 11.3 Å². The first-order chi connectivity index (χ1) is 8.70. The molecule has 1 heterocycles. The van der Waals surface area contributed by atoms with Crippen molar-refractivity contribution in [1.82, 2.24) is 10.3 Å². The summed E-state index contributed by atoms with van der Waals surface area (Å²) < 4.78 is 0. The molecular formula is C14H24N2OS. The van der Waals surface area contributed by atoms with Gasteiger partial charge in [0.25, 0.3) is 0 Å². The van der Waals surface area contributed by atoms with Crippen molar-refractivity contribution in [2.45, 2.75) is 64.5 Å². The fourth-order valence-corrected chi connectivity index (χ4v) is 3.70. The van der Waals surface area contributed by atoms with Crippen LogP contribution in [0.2, 0.25) is 0 Å². The molecule has 0 amide bonds. The largest absolute Gasteiger partial charge is 0.396 e. The maximum Gasteiger partial charge on any atom is 0.110 e. The first-order valence-electron chi connectivity index (χ1n) is 7.06. The van der Waals surface area contributed by atoms with E-state index < -0.39 is 0 Å². The van der Waals surface area contributed by atoms with E-state index in [1.54, 1.807) is 0 Å². The van der Waals surface area contributed by atoms with Gasteiger partial charge in [-0.3, -0.25) is 0 Å². The summed E-state index contributed by atoms with van der Waals surface area (Å²) in [5, 5.41) is 13.6. The van der Waals surface area contributed by atoms with E-state index in [9.17, 15) is 0 Å². The molecule has 3 nitrogen and oxygen atoms in total. The molecule has 2 rings (SSSR count). The number of aliphatic hydroxyl groups is 1. The van der Waals surface area contributed by atoms with Crippen LogP contribution in [0.25, 0.3) is 0 Å². The van der Waals surface area contributed by atoms with Crippen LogP contribution >= 0.6 is 11.3 Å². The van der Waals surface area contributed by atoms with Gasteiger partial charge in [0.15, 0.2) is 0 Å². The second-order valence-corrected chi connectivity index (χ2v) is 6.40. The Morgan fingerprint density at radius 2 is 2.11 bits per heavy atom. The molecule has 2 N–H and O–H groups in total. The quantitative estimate of drug-likeness (QED) is 0.834. The minimum atomic E-state index is 0.284. The van der Waals surface area contributed by atoms with Gasteiger partial charge < -0.3 is 10.4 Å². The third kappa shape index (κ3) is 3.53. The Kier molecular flexibility index (Phi) is 5.15. The first-order valence-corrected chi connectivity index (χ1v) is 7.87. The van der Waals surface area contributed by atoms with Crippen LogP contribution in [0.1, 0.15) is 61.2 Å². The minimum absolute atomic E-state index is 0.284. The van der Waals surface area contributed by atoms with Gasteiger partial charge in [-0.25, -0.2) is 4.98 Å². The van der Waals surface area contributed by atoms with Gasteiger partial charge in [-0.05, 0) is 52.4 Å². The minimum Gasteiger partial charge on any atom is -0.396 e. The maximum absolute atomic E-state index is 8.84. The normalized spacial score (nSPS) is 18.4. The lowest BCUT2D eigenvalue weighted by molar-refractivity contribution is 0.274. The van der Waals surface area contributed by atoms with Crippen molar-refractivity contribution in [2.24, 2.45) is 0 Å². The van der Waals surface area contributed by atoms with Crippen molar-refractivity contribution in [2.75, 3.05) is 6.61 Å². The Balaban J connectivity index is 1.92. The van der Waals surface area contributed by atoms with E-state index in [1.165, 1.54) is 41.3 Å². The Hall–Kier alpha value is -0.450. The third-order valence-corrected chi connectivity index (χ3v) is 4.90. The van der Waals surface area contributed by atoms with Gasteiger partial charge in [0, 0.05) is 17.5 Å². The highest BCUT2D eigenvalue weighted by atomic mass is 32.1. The predicted octanol–water partition coefficient (Wildman–Crippen LogP) is 2.83. The highest BCUT2D eigenvalue weighted by Gasteiger charge is 2.19. The van der Waals surface area contributed by atoms with Crippen LogP contribution in [0.4, 0.5) is 0 Å². The van der Waals surface area contributed by atoms with Gasteiger partial charge in [0.2, 0.25) is 0 Å². The molecule has 1 aromatic rings. The van der Waals surface area contributed by atoms with Crippen molar-refractivity contribution in [3.05, 3.63) is 15.6 Å². The van der Waals surface area contributed by atoms with E-state index in [0.717, 1.165) is 12.8 Å². The van der Waals surface area contributed by atoms with Crippen LogP contribution in [0, 0.1) is 0 Å². The molecule has 2 atom stereocenters. The summed E-state index contributed by atoms with van der Waals surface area (Å²) in [4.78, 5) is 6.30. The lowest BCUT2D eigenvalue weighted by Gasteiger charge is -2.17. The molecular weight excluding hydrogens is 244 g/mol. The number of rotatable bonds is 6. The van der Waals surface area contributed by atoms with Gasteiger partial charge in [0.1, 0.15) is 5.01 Å². The Labute approximate surface area is 114 Å². The molecule has 4 heteroatoms. The number of aromatic nitrogens is 1. The summed E-state index contributed by atoms with van der Waals surface area (Å²) in [5.74, 6) is 0. The molecule has 0 spiro atoms. The third-order valence-electron chi connectivity index (χ3n) is 3.56. The summed E-state index contributed by atoms with van der Waals surface area (Å²) in [6.45, 7) is 4.66. The molecule has 0 radical (unpaired) electrons. The highest BCUT2D eigenvalue weighted by molar-refractivity contribution is 7.11. The summed E-state index contributed by atoms with van der Waals surface area (Å²) in [6.07, 6.45) is 6.90. The topological polar surface area (TPSA) is 45.1 Å². The summed E-state index contributed by atoms with van der Waals surface area (Å²) in [7, 11) is 0. The first kappa shape index (κ1) is 14.0. The number of fused-ring (bicyclic) bond motifs is 1. The van der Waals surface area contributed by atoms with Crippen molar-refractivity contribution in [3.63, 3.8) is 0 Å². The molecule has 1 aliphatic carbocycles. The monoisotopic (exact) mass is 268 g/mol. The smallest absolute Gasteiger partial charge is 0.110 e. The van der Waals surface area contributed by atoms with Gasteiger partial charge >= 0.3 is 0 Å². The molecule has 0 fully saturated rings. The standard InChI is InChI=1S/C14H24N2OS/c1-10(6-5-9-17)15-11(2)14-16-12-7-3-4-8-13(12)18-14/h10-11,15,17H,3-9H2,1-2H3. The van der Waals surface area contributed by atoms with Crippen LogP contribution in [-0.2, 0) is 12.8 Å². The van der Waals surface area contributed by atoms with E-state index in [1.807, 2.05) is 11.3 Å². The molecule has 0 saturated carbocycles. The van der Waals surface area contributed by atoms with Crippen molar-refractivity contribution in [3.8, 4) is 0 Å². The lowest BCUT2D eigenvalue weighted by Crippen LogP contribution is -2.29. The number of thiazole rings is 1. The van der Waals surface area contributed by atoms with Gasteiger partial charge in [-0.15, -0.1) is 11.3 Å². The van der Waals surface area contributed by atoms with Gasteiger partial charge in [-0.2, -0.15) is 0 Å². The van der Waals surface area contributed by atoms with E-state index in [2.05, 4.69) is 19.2 Å². The SMILES string of the molecule is CC(CCCO)NC(C)c1nc2c(s1)CCCC2. The molecule has 0 saturated heterocycles. The Morgan fingerprint density at radius 3 is 2.83 bits per heavy atom. The van der Waals surface area contributed by atoms with Crippen LogP contribution in [0.3, 0.4) is 0 Å². The maximum atomic E-state index is 8.84. The van der Waals surface area contributed by atoms with Crippen molar-refractivity contribution in [1.29, 1.82) is 0 Å². The number of hydrogen-bond acceptors (Lipinski definition) is 4. The average Bonchev–Trinajstić information content (AvgIpc) is 2.80. The predicted molar refractivity (Wildman–Crippen MR) is 76.1 cm³/mol. The Bertz CT molecular complexity index is 354. The van der Waals surface area contributed by atoms with Gasteiger partial charge in [0.05, 0.1) is 11.7 Å². The number of aryl methyl sites for hydroxylation is 2. The fraction of sp³-hybridized carbons (Fsp3) is 0.786. The average molecular weight is 268 g/mol. The molecule has 0 aliphatic heterocycles. The van der Waals surface area contributed by atoms with E-state index >= 15 is 0 Å². The van der Waals surface area contributed by atoms with Crippen molar-refractivity contribution < 1.29 is 5.11 Å². The zero-order valence-electron chi connectivity index (χ0n) is 11.4. The molecule has 1 aliphatic rings. The second kappa shape index (κ2) is 6.64. The van der Waals surface area contributed by atoms with Crippen LogP contribution in [0.5, 0.6) is 0 Å². The molecule has 0 bridgehead atoms. The number of nitrogens with one attached hydrogen (secondary N) is 1. The highest BCUT2D eigenvalue weighted by Crippen LogP contribution is 2.29. The number of hydrogen-bond donors (Lipinski definition) is 2. The number of aliphatic hydroxyl groups excluding tert-OH is 1. The van der Waals surface area contributed by atoms with Crippen LogP contribution in [0.15, 0.2) is 0 Å². The van der Waals surface area contributed by atoms with Crippen LogP contribution < -0.4 is 5.32 Å². The summed E-state index contributed by atoms with van der Waals surface area (Å²) in [6, 6.07) is 0.766. The molecule has 18 heavy (non-hydrogen) atoms. The van der Waals surface area contributed by atoms with E-state index in [-0.39, 0.29) is 6.61 Å². The van der Waals surface area contributed by atoms with E-state index in [4.69, 9.17) is 10.1 Å². The molecule has 2 unspecified atom stereocenters. The Morgan fingerprint density at radius 1 is 1.33 bits per heavy atom. The summed E-state index contributed by atoms with van der Waals surface area (Å²) in [5.41, 5.74) is 1.35. The summed E-state index contributed by atoms with van der Waals surface area (Å²) >= 11 is 1.89. The molecule has 0 aromatic carbocycles. The van der Waals surface area contributed by atoms with Crippen LogP contribution in [-0.4, -0.2) is 22.7 Å². The number of nitrogens with zero attached hydrogens (tertiary/aromatic N) is 1. The van der Waals surface area contributed by atoms with E-state index in [0.29, 0.717) is 12.1 Å². The lowest BCUT2D eigenvalue weighted by atomic mass is 10.0. The molecule has 1 aromatic heterocycles. The zero-order valence-corrected chi connectivity index (χ0v) is 12.2.